The molecule has 0 aliphatic rings. The van der Waals surface area contributed by atoms with Crippen LogP contribution in [0.3, 0.4) is 0 Å². The number of amides is 1. The highest BCUT2D eigenvalue weighted by Gasteiger charge is 2.19. The van der Waals surface area contributed by atoms with Crippen molar-refractivity contribution in [2.24, 2.45) is 5.92 Å². The second-order valence-electron chi connectivity index (χ2n) is 4.73. The number of nitrogens with one attached hydrogen (secondary N) is 2. The first-order valence-electron chi connectivity index (χ1n) is 6.16. The van der Waals surface area contributed by atoms with E-state index in [2.05, 4.69) is 10.6 Å². The standard InChI is InChI=1S/C13H16F4N2O/c1-7(2)3-4-18-10(20)6-19-13-11(16)8(14)5-9(15)12(13)17/h5,7,19H,3-4,6H2,1-2H3,(H,18,20). The molecule has 1 rings (SSSR count). The number of rotatable bonds is 6. The zero-order valence-electron chi connectivity index (χ0n) is 11.2. The SMILES string of the molecule is CC(C)CCNC(=O)CNc1c(F)c(F)cc(F)c1F. The molecule has 2 N–H and O–H groups in total. The van der Waals surface area contributed by atoms with Crippen LogP contribution in [0.4, 0.5) is 23.2 Å². The topological polar surface area (TPSA) is 41.1 Å². The molecule has 1 amide bonds. The van der Waals surface area contributed by atoms with E-state index in [1.54, 1.807) is 0 Å². The summed E-state index contributed by atoms with van der Waals surface area (Å²) in [6.07, 6.45) is 0.753. The molecule has 0 heterocycles. The first-order valence-corrected chi connectivity index (χ1v) is 6.16. The molecule has 0 saturated heterocycles. The molecule has 0 bridgehead atoms. The van der Waals surface area contributed by atoms with Crippen LogP contribution in [0.25, 0.3) is 0 Å². The van der Waals surface area contributed by atoms with E-state index < -0.39 is 41.4 Å². The van der Waals surface area contributed by atoms with Crippen LogP contribution in [0.5, 0.6) is 0 Å². The molecular weight excluding hydrogens is 276 g/mol. The van der Waals surface area contributed by atoms with Crippen LogP contribution >= 0.6 is 0 Å². The maximum atomic E-state index is 13.3. The molecule has 0 aliphatic carbocycles. The lowest BCUT2D eigenvalue weighted by Gasteiger charge is -2.11. The highest BCUT2D eigenvalue weighted by atomic mass is 19.2. The van der Waals surface area contributed by atoms with Gasteiger partial charge >= 0.3 is 0 Å². The van der Waals surface area contributed by atoms with Gasteiger partial charge in [0.15, 0.2) is 23.3 Å². The Labute approximate surface area is 114 Å². The van der Waals surface area contributed by atoms with E-state index in [4.69, 9.17) is 0 Å². The van der Waals surface area contributed by atoms with Crippen molar-refractivity contribution < 1.29 is 22.4 Å². The average molecular weight is 292 g/mol. The monoisotopic (exact) mass is 292 g/mol. The zero-order valence-corrected chi connectivity index (χ0v) is 11.2. The van der Waals surface area contributed by atoms with Gasteiger partial charge in [-0.15, -0.1) is 0 Å². The summed E-state index contributed by atoms with van der Waals surface area (Å²) in [4.78, 5) is 11.4. The van der Waals surface area contributed by atoms with Crippen LogP contribution in [0.15, 0.2) is 6.07 Å². The molecule has 0 atom stereocenters. The third-order valence-corrected chi connectivity index (χ3v) is 2.58. The van der Waals surface area contributed by atoms with Gasteiger partial charge < -0.3 is 10.6 Å². The van der Waals surface area contributed by atoms with E-state index in [9.17, 15) is 22.4 Å². The highest BCUT2D eigenvalue weighted by Crippen LogP contribution is 2.23. The molecular formula is C13H16F4N2O. The molecule has 0 aliphatic heterocycles. The minimum absolute atomic E-state index is 0.110. The highest BCUT2D eigenvalue weighted by molar-refractivity contribution is 5.80. The number of anilines is 1. The number of carbonyl (C=O) groups excluding carboxylic acids is 1. The first kappa shape index (κ1) is 16.3. The summed E-state index contributed by atoms with van der Waals surface area (Å²) in [6.45, 7) is 3.89. The molecule has 0 aromatic heterocycles. The van der Waals surface area contributed by atoms with E-state index in [1.165, 1.54) is 0 Å². The molecule has 0 fully saturated rings. The normalized spacial score (nSPS) is 10.8. The summed E-state index contributed by atoms with van der Waals surface area (Å²) in [5, 5.41) is 4.58. The minimum Gasteiger partial charge on any atom is -0.371 e. The molecule has 3 nitrogen and oxygen atoms in total. The van der Waals surface area contributed by atoms with Crippen LogP contribution in [0.2, 0.25) is 0 Å². The van der Waals surface area contributed by atoms with Gasteiger partial charge in [0, 0.05) is 12.6 Å². The van der Waals surface area contributed by atoms with Crippen LogP contribution in [0, 0.1) is 29.2 Å². The van der Waals surface area contributed by atoms with Gasteiger partial charge in [-0.2, -0.15) is 0 Å². The summed E-state index contributed by atoms with van der Waals surface area (Å²) in [5.41, 5.74) is -0.985. The molecule has 1 aromatic rings. The van der Waals surface area contributed by atoms with Crippen LogP contribution < -0.4 is 10.6 Å². The van der Waals surface area contributed by atoms with Gasteiger partial charge in [-0.1, -0.05) is 13.8 Å². The van der Waals surface area contributed by atoms with Crippen molar-refractivity contribution in [2.75, 3.05) is 18.4 Å². The first-order chi connectivity index (χ1) is 9.32. The lowest BCUT2D eigenvalue weighted by molar-refractivity contribution is -0.119. The Kier molecular flexibility index (Phi) is 5.79. The van der Waals surface area contributed by atoms with Crippen LogP contribution in [-0.4, -0.2) is 19.0 Å². The van der Waals surface area contributed by atoms with Gasteiger partial charge in [0.2, 0.25) is 5.91 Å². The lowest BCUT2D eigenvalue weighted by atomic mass is 10.1. The van der Waals surface area contributed by atoms with Crippen molar-refractivity contribution >= 4 is 11.6 Å². The Morgan fingerprint density at radius 3 is 2.20 bits per heavy atom. The molecule has 0 spiro atoms. The van der Waals surface area contributed by atoms with Gasteiger partial charge in [0.1, 0.15) is 5.69 Å². The maximum absolute atomic E-state index is 13.3. The van der Waals surface area contributed by atoms with Crippen molar-refractivity contribution in [3.8, 4) is 0 Å². The fraction of sp³-hybridized carbons (Fsp3) is 0.462. The van der Waals surface area contributed by atoms with E-state index in [0.29, 0.717) is 12.5 Å². The Hall–Kier alpha value is -1.79. The molecule has 0 radical (unpaired) electrons. The number of carbonyl (C=O) groups is 1. The molecule has 112 valence electrons. The van der Waals surface area contributed by atoms with Crippen molar-refractivity contribution in [1.29, 1.82) is 0 Å². The minimum atomic E-state index is -1.56. The zero-order chi connectivity index (χ0) is 15.3. The Bertz CT molecular complexity index is 465. The average Bonchev–Trinajstić information content (AvgIpc) is 2.36. The summed E-state index contributed by atoms with van der Waals surface area (Å²) >= 11 is 0. The lowest BCUT2D eigenvalue weighted by Crippen LogP contribution is -2.31. The fourth-order valence-electron chi connectivity index (χ4n) is 1.46. The molecule has 1 aromatic carbocycles. The number of halogens is 4. The molecule has 7 heteroatoms. The Balaban J connectivity index is 2.60. The predicted molar refractivity (Wildman–Crippen MR) is 67.2 cm³/mol. The number of hydrogen-bond donors (Lipinski definition) is 2. The third kappa shape index (κ3) is 4.40. The largest absolute Gasteiger partial charge is 0.371 e. The Morgan fingerprint density at radius 2 is 1.70 bits per heavy atom. The summed E-state index contributed by atoms with van der Waals surface area (Å²) in [6, 6.07) is 0.110. The summed E-state index contributed by atoms with van der Waals surface area (Å²) in [7, 11) is 0. The van der Waals surface area contributed by atoms with Crippen LogP contribution in [-0.2, 0) is 4.79 Å². The summed E-state index contributed by atoms with van der Waals surface area (Å²) in [5.74, 6) is -6.28. The smallest absolute Gasteiger partial charge is 0.239 e. The number of hydrogen-bond acceptors (Lipinski definition) is 2. The van der Waals surface area contributed by atoms with E-state index in [-0.39, 0.29) is 6.07 Å². The van der Waals surface area contributed by atoms with Crippen molar-refractivity contribution in [2.45, 2.75) is 20.3 Å². The maximum Gasteiger partial charge on any atom is 0.239 e. The van der Waals surface area contributed by atoms with Gasteiger partial charge in [0.25, 0.3) is 0 Å². The van der Waals surface area contributed by atoms with E-state index in [1.807, 2.05) is 13.8 Å². The molecule has 0 saturated carbocycles. The third-order valence-electron chi connectivity index (χ3n) is 2.58. The van der Waals surface area contributed by atoms with Gasteiger partial charge in [-0.3, -0.25) is 4.79 Å². The summed E-state index contributed by atoms with van der Waals surface area (Å²) < 4.78 is 52.4. The van der Waals surface area contributed by atoms with Crippen molar-refractivity contribution in [3.05, 3.63) is 29.3 Å². The fourth-order valence-corrected chi connectivity index (χ4v) is 1.46. The molecule has 0 unspecified atom stereocenters. The van der Waals surface area contributed by atoms with Crippen LogP contribution in [0.1, 0.15) is 20.3 Å². The van der Waals surface area contributed by atoms with Gasteiger partial charge in [-0.25, -0.2) is 17.6 Å². The predicted octanol–water partition coefficient (Wildman–Crippen LogP) is 2.82. The quantitative estimate of drug-likeness (QED) is 0.625. The van der Waals surface area contributed by atoms with Crippen molar-refractivity contribution in [3.63, 3.8) is 0 Å². The second kappa shape index (κ2) is 7.12. The second-order valence-corrected chi connectivity index (χ2v) is 4.73. The molecule has 20 heavy (non-hydrogen) atoms. The van der Waals surface area contributed by atoms with Crippen molar-refractivity contribution in [1.82, 2.24) is 5.32 Å². The number of benzene rings is 1. The van der Waals surface area contributed by atoms with E-state index >= 15 is 0 Å². The van der Waals surface area contributed by atoms with Gasteiger partial charge in [-0.05, 0) is 12.3 Å². The van der Waals surface area contributed by atoms with Gasteiger partial charge in [0.05, 0.1) is 6.54 Å². The van der Waals surface area contributed by atoms with E-state index in [0.717, 1.165) is 6.42 Å². The Morgan fingerprint density at radius 1 is 1.15 bits per heavy atom.